The first-order chi connectivity index (χ1) is 15.3. The highest BCUT2D eigenvalue weighted by Gasteiger charge is 2.58. The van der Waals surface area contributed by atoms with Crippen LogP contribution in [0.5, 0.6) is 11.5 Å². The third kappa shape index (κ3) is 2.59. The SMILES string of the molecule is COc1ccc([N+](=O)[O-])c2c1OC1(C=C2)N(C)c2ccc(-c3ccccc3)cc2C1(C)C. The summed E-state index contributed by atoms with van der Waals surface area (Å²) in [5.41, 5.74) is 3.60. The number of nitrogens with zero attached hydrogens (tertiary/aromatic N) is 2. The monoisotopic (exact) mass is 428 g/mol. The van der Waals surface area contributed by atoms with E-state index in [1.807, 2.05) is 31.3 Å². The Morgan fingerprint density at radius 1 is 1.03 bits per heavy atom. The number of nitro benzene ring substituents is 1. The normalized spacial score (nSPS) is 19.9. The van der Waals surface area contributed by atoms with Crippen LogP contribution in [0.3, 0.4) is 0 Å². The molecule has 0 saturated carbocycles. The molecule has 32 heavy (non-hydrogen) atoms. The molecule has 0 radical (unpaired) electrons. The molecule has 6 nitrogen and oxygen atoms in total. The van der Waals surface area contributed by atoms with Crippen LogP contribution in [0, 0.1) is 10.1 Å². The van der Waals surface area contributed by atoms with Crippen molar-refractivity contribution in [2.45, 2.75) is 25.0 Å². The summed E-state index contributed by atoms with van der Waals surface area (Å²) >= 11 is 0. The molecule has 0 fully saturated rings. The van der Waals surface area contributed by atoms with Gasteiger partial charge in [0.1, 0.15) is 0 Å². The van der Waals surface area contributed by atoms with Crippen LogP contribution in [0.4, 0.5) is 11.4 Å². The zero-order valence-electron chi connectivity index (χ0n) is 18.5. The minimum Gasteiger partial charge on any atom is -0.493 e. The molecule has 0 bridgehead atoms. The lowest BCUT2D eigenvalue weighted by Gasteiger charge is -2.45. The summed E-state index contributed by atoms with van der Waals surface area (Å²) in [4.78, 5) is 13.3. The number of hydrogen-bond acceptors (Lipinski definition) is 5. The molecular weight excluding hydrogens is 404 g/mol. The Kier molecular flexibility index (Phi) is 4.31. The van der Waals surface area contributed by atoms with Crippen molar-refractivity contribution in [2.24, 2.45) is 0 Å². The predicted octanol–water partition coefficient (Wildman–Crippen LogP) is 5.80. The lowest BCUT2D eigenvalue weighted by Crippen LogP contribution is -2.58. The van der Waals surface area contributed by atoms with Gasteiger partial charge in [0.25, 0.3) is 5.69 Å². The number of ether oxygens (including phenoxy) is 2. The maximum atomic E-state index is 11.6. The van der Waals surface area contributed by atoms with Crippen LogP contribution in [0.2, 0.25) is 0 Å². The maximum Gasteiger partial charge on any atom is 0.280 e. The molecule has 0 amide bonds. The molecule has 2 aliphatic heterocycles. The van der Waals surface area contributed by atoms with E-state index in [2.05, 4.69) is 49.1 Å². The molecule has 5 rings (SSSR count). The van der Waals surface area contributed by atoms with Gasteiger partial charge in [0.2, 0.25) is 5.72 Å². The van der Waals surface area contributed by atoms with Gasteiger partial charge < -0.3 is 14.4 Å². The summed E-state index contributed by atoms with van der Waals surface area (Å²) in [6, 6.07) is 19.8. The third-order valence-corrected chi connectivity index (χ3v) is 6.82. The van der Waals surface area contributed by atoms with Crippen LogP contribution in [0.1, 0.15) is 25.0 Å². The van der Waals surface area contributed by atoms with Gasteiger partial charge in [0, 0.05) is 18.8 Å². The topological polar surface area (TPSA) is 64.8 Å². The Hall–Kier alpha value is -3.80. The van der Waals surface area contributed by atoms with Crippen molar-refractivity contribution < 1.29 is 14.4 Å². The number of hydrogen-bond donors (Lipinski definition) is 0. The molecule has 0 aromatic heterocycles. The highest BCUT2D eigenvalue weighted by molar-refractivity contribution is 5.79. The Bertz CT molecular complexity index is 1270. The molecule has 1 atom stereocenters. The van der Waals surface area contributed by atoms with Crippen LogP contribution < -0.4 is 14.4 Å². The molecule has 162 valence electrons. The van der Waals surface area contributed by atoms with Crippen molar-refractivity contribution in [2.75, 3.05) is 19.1 Å². The van der Waals surface area contributed by atoms with Gasteiger partial charge in [-0.25, -0.2) is 0 Å². The van der Waals surface area contributed by atoms with Gasteiger partial charge >= 0.3 is 0 Å². The van der Waals surface area contributed by atoms with E-state index < -0.39 is 16.1 Å². The lowest BCUT2D eigenvalue weighted by molar-refractivity contribution is -0.385. The fourth-order valence-electron chi connectivity index (χ4n) is 4.99. The quantitative estimate of drug-likeness (QED) is 0.390. The fourth-order valence-corrected chi connectivity index (χ4v) is 4.99. The highest BCUT2D eigenvalue weighted by atomic mass is 16.6. The second-order valence-corrected chi connectivity index (χ2v) is 8.70. The van der Waals surface area contributed by atoms with Crippen molar-refractivity contribution in [3.05, 3.63) is 88.0 Å². The van der Waals surface area contributed by atoms with E-state index in [4.69, 9.17) is 9.47 Å². The number of anilines is 1. The smallest absolute Gasteiger partial charge is 0.280 e. The largest absolute Gasteiger partial charge is 0.493 e. The molecule has 6 heteroatoms. The molecule has 2 heterocycles. The summed E-state index contributed by atoms with van der Waals surface area (Å²) in [5.74, 6) is 0.861. The van der Waals surface area contributed by atoms with Gasteiger partial charge in [0.15, 0.2) is 11.5 Å². The van der Waals surface area contributed by atoms with Crippen LogP contribution >= 0.6 is 0 Å². The van der Waals surface area contributed by atoms with E-state index in [1.54, 1.807) is 19.3 Å². The Balaban J connectivity index is 1.66. The molecule has 0 N–H and O–H groups in total. The minimum atomic E-state index is -0.861. The van der Waals surface area contributed by atoms with E-state index in [-0.39, 0.29) is 5.69 Å². The number of rotatable bonds is 3. The lowest BCUT2D eigenvalue weighted by atomic mass is 9.75. The predicted molar refractivity (Wildman–Crippen MR) is 125 cm³/mol. The second kappa shape index (κ2) is 6.85. The van der Waals surface area contributed by atoms with Crippen LogP contribution in [0.25, 0.3) is 17.2 Å². The Morgan fingerprint density at radius 2 is 1.78 bits per heavy atom. The summed E-state index contributed by atoms with van der Waals surface area (Å²) in [7, 11) is 3.54. The highest BCUT2D eigenvalue weighted by Crippen LogP contribution is 2.56. The number of methoxy groups -OCH3 is 1. The fraction of sp³-hybridized carbons (Fsp3) is 0.231. The first kappa shape index (κ1) is 20.1. The number of benzene rings is 3. The van der Waals surface area contributed by atoms with Crippen LogP contribution in [-0.4, -0.2) is 24.8 Å². The van der Waals surface area contributed by atoms with Gasteiger partial charge in [-0.1, -0.05) is 36.4 Å². The average Bonchev–Trinajstić information content (AvgIpc) is 2.96. The zero-order valence-corrected chi connectivity index (χ0v) is 18.5. The van der Waals surface area contributed by atoms with E-state index in [0.717, 1.165) is 22.4 Å². The first-order valence-electron chi connectivity index (χ1n) is 10.5. The van der Waals surface area contributed by atoms with Crippen molar-refractivity contribution in [3.63, 3.8) is 0 Å². The van der Waals surface area contributed by atoms with Gasteiger partial charge in [-0.3, -0.25) is 10.1 Å². The van der Waals surface area contributed by atoms with Crippen molar-refractivity contribution in [1.82, 2.24) is 0 Å². The standard InChI is InChI=1S/C26H24N2O4/c1-25(2)20-16-18(17-8-6-5-7-9-17)10-11-22(20)27(3)26(25)15-14-19-21(28(29)30)12-13-23(31-4)24(19)32-26/h5-16H,1-4H3. The number of likely N-dealkylation sites (N-methyl/N-ethyl adjacent to an activating group) is 1. The van der Waals surface area contributed by atoms with Gasteiger partial charge in [0.05, 0.1) is 23.0 Å². The second-order valence-electron chi connectivity index (χ2n) is 8.70. The summed E-state index contributed by atoms with van der Waals surface area (Å²) in [6.45, 7) is 4.28. The molecule has 1 unspecified atom stereocenters. The van der Waals surface area contributed by atoms with Gasteiger partial charge in [-0.2, -0.15) is 0 Å². The van der Waals surface area contributed by atoms with Crippen molar-refractivity contribution >= 4 is 17.5 Å². The molecule has 3 aromatic rings. The van der Waals surface area contributed by atoms with E-state index in [9.17, 15) is 10.1 Å². The molecule has 3 aromatic carbocycles. The summed E-state index contributed by atoms with van der Waals surface area (Å²) in [6.07, 6.45) is 3.73. The van der Waals surface area contributed by atoms with Gasteiger partial charge in [-0.05, 0) is 60.9 Å². The molecule has 2 aliphatic rings. The van der Waals surface area contributed by atoms with Gasteiger partial charge in [-0.15, -0.1) is 0 Å². The summed E-state index contributed by atoms with van der Waals surface area (Å²) < 4.78 is 12.2. The number of nitro groups is 1. The van der Waals surface area contributed by atoms with Crippen LogP contribution in [0.15, 0.2) is 66.7 Å². The molecule has 1 spiro atoms. The maximum absolute atomic E-state index is 11.6. The van der Waals surface area contributed by atoms with Crippen LogP contribution in [-0.2, 0) is 5.41 Å². The molecular formula is C26H24N2O4. The Labute approximate surface area is 186 Å². The summed E-state index contributed by atoms with van der Waals surface area (Å²) in [5, 5.41) is 11.6. The van der Waals surface area contributed by atoms with E-state index >= 15 is 0 Å². The van der Waals surface area contributed by atoms with Crippen molar-refractivity contribution in [3.8, 4) is 22.6 Å². The molecule has 0 saturated heterocycles. The first-order valence-corrected chi connectivity index (χ1v) is 10.5. The third-order valence-electron chi connectivity index (χ3n) is 6.82. The van der Waals surface area contributed by atoms with E-state index in [1.165, 1.54) is 6.07 Å². The van der Waals surface area contributed by atoms with Crippen molar-refractivity contribution in [1.29, 1.82) is 0 Å². The minimum absolute atomic E-state index is 0.00534. The number of fused-ring (bicyclic) bond motifs is 2. The molecule has 0 aliphatic carbocycles. The Morgan fingerprint density at radius 3 is 2.47 bits per heavy atom. The zero-order chi connectivity index (χ0) is 22.7. The average molecular weight is 428 g/mol. The van der Waals surface area contributed by atoms with E-state index in [0.29, 0.717) is 17.1 Å².